The van der Waals surface area contributed by atoms with Crippen molar-refractivity contribution in [3.05, 3.63) is 44.6 Å². The number of ether oxygens (including phenoxy) is 1. The quantitative estimate of drug-likeness (QED) is 0.492. The number of anilines is 1. The van der Waals surface area contributed by atoms with Crippen LogP contribution >= 0.6 is 23.1 Å². The number of aromatic nitrogens is 2. The van der Waals surface area contributed by atoms with Crippen LogP contribution in [-0.2, 0) is 24.7 Å². The number of carbonyl (C=O) groups excluding carboxylic acids is 1. The van der Waals surface area contributed by atoms with Gasteiger partial charge in [0.1, 0.15) is 10.6 Å². The maximum Gasteiger partial charge on any atom is 0.262 e. The monoisotopic (exact) mass is 429 g/mol. The van der Waals surface area contributed by atoms with Crippen molar-refractivity contribution in [2.75, 3.05) is 18.2 Å². The van der Waals surface area contributed by atoms with Gasteiger partial charge in [-0.05, 0) is 55.9 Å². The highest BCUT2D eigenvalue weighted by Gasteiger charge is 2.21. The molecule has 29 heavy (non-hydrogen) atoms. The number of benzene rings is 1. The highest BCUT2D eigenvalue weighted by Crippen LogP contribution is 2.34. The molecule has 1 aromatic carbocycles. The second-order valence-corrected chi connectivity index (χ2v) is 9.22. The lowest BCUT2D eigenvalue weighted by molar-refractivity contribution is -0.113. The van der Waals surface area contributed by atoms with Crippen molar-refractivity contribution in [1.29, 1.82) is 0 Å². The SMILES string of the molecule is COc1ccc(C)cc1NC(=O)CSc1nc2sc3c(c2c(=O)n1C)CCCC3. The molecule has 0 unspecified atom stereocenters. The third kappa shape index (κ3) is 3.91. The minimum absolute atomic E-state index is 0.0161. The van der Waals surface area contributed by atoms with Crippen molar-refractivity contribution in [1.82, 2.24) is 9.55 Å². The lowest BCUT2D eigenvalue weighted by Gasteiger charge is -2.12. The van der Waals surface area contributed by atoms with E-state index in [4.69, 9.17) is 9.72 Å². The van der Waals surface area contributed by atoms with Crippen LogP contribution in [0.1, 0.15) is 28.8 Å². The molecule has 1 aliphatic rings. The van der Waals surface area contributed by atoms with Gasteiger partial charge >= 0.3 is 0 Å². The van der Waals surface area contributed by atoms with Crippen LogP contribution in [0.25, 0.3) is 10.2 Å². The molecule has 2 heterocycles. The summed E-state index contributed by atoms with van der Waals surface area (Å²) in [6.45, 7) is 1.96. The van der Waals surface area contributed by atoms with Gasteiger partial charge in [-0.25, -0.2) is 4.98 Å². The van der Waals surface area contributed by atoms with Crippen molar-refractivity contribution in [3.63, 3.8) is 0 Å². The summed E-state index contributed by atoms with van der Waals surface area (Å²) in [4.78, 5) is 32.2. The minimum Gasteiger partial charge on any atom is -0.495 e. The molecule has 1 amide bonds. The van der Waals surface area contributed by atoms with Gasteiger partial charge in [0.05, 0.1) is 23.9 Å². The van der Waals surface area contributed by atoms with Crippen LogP contribution in [0.15, 0.2) is 28.2 Å². The van der Waals surface area contributed by atoms with Crippen LogP contribution in [0.3, 0.4) is 0 Å². The lowest BCUT2D eigenvalue weighted by atomic mass is 9.97. The summed E-state index contributed by atoms with van der Waals surface area (Å²) in [5, 5.41) is 4.22. The van der Waals surface area contributed by atoms with E-state index in [0.29, 0.717) is 16.6 Å². The molecule has 0 spiro atoms. The molecule has 0 aliphatic heterocycles. The van der Waals surface area contributed by atoms with Gasteiger partial charge in [-0.2, -0.15) is 0 Å². The van der Waals surface area contributed by atoms with Crippen LogP contribution < -0.4 is 15.6 Å². The maximum absolute atomic E-state index is 12.9. The Bertz CT molecular complexity index is 1150. The highest BCUT2D eigenvalue weighted by atomic mass is 32.2. The number of hydrogen-bond acceptors (Lipinski definition) is 6. The predicted molar refractivity (Wildman–Crippen MR) is 119 cm³/mol. The van der Waals surface area contributed by atoms with Crippen LogP contribution in [0, 0.1) is 6.92 Å². The fourth-order valence-corrected chi connectivity index (χ4v) is 5.71. The number of methoxy groups -OCH3 is 1. The fourth-order valence-electron chi connectivity index (χ4n) is 3.63. The summed E-state index contributed by atoms with van der Waals surface area (Å²) >= 11 is 2.90. The lowest BCUT2D eigenvalue weighted by Crippen LogP contribution is -2.22. The van der Waals surface area contributed by atoms with E-state index in [9.17, 15) is 9.59 Å². The standard InChI is InChI=1S/C21H23N3O3S2/c1-12-8-9-15(27-3)14(10-12)22-17(25)11-28-21-23-19-18(20(26)24(21)2)13-6-4-5-7-16(13)29-19/h8-10H,4-7,11H2,1-3H3,(H,22,25). The molecule has 2 aromatic heterocycles. The Balaban J connectivity index is 1.54. The summed E-state index contributed by atoms with van der Waals surface area (Å²) in [5.41, 5.74) is 2.84. The van der Waals surface area contributed by atoms with Gasteiger partial charge in [-0.1, -0.05) is 17.8 Å². The van der Waals surface area contributed by atoms with E-state index in [-0.39, 0.29) is 17.2 Å². The first-order valence-corrected chi connectivity index (χ1v) is 11.4. The maximum atomic E-state index is 12.9. The number of hydrogen-bond donors (Lipinski definition) is 1. The Hall–Kier alpha value is -2.32. The number of carbonyl (C=O) groups is 1. The topological polar surface area (TPSA) is 73.2 Å². The normalized spacial score (nSPS) is 13.3. The summed E-state index contributed by atoms with van der Waals surface area (Å²) in [7, 11) is 3.30. The second kappa shape index (κ2) is 8.20. The molecule has 0 fully saturated rings. The average Bonchev–Trinajstić information content (AvgIpc) is 3.08. The Labute approximate surface area is 177 Å². The number of thiophene rings is 1. The number of thioether (sulfide) groups is 1. The zero-order chi connectivity index (χ0) is 20.5. The van der Waals surface area contributed by atoms with Crippen molar-refractivity contribution < 1.29 is 9.53 Å². The predicted octanol–water partition coefficient (Wildman–Crippen LogP) is 3.92. The van der Waals surface area contributed by atoms with E-state index in [2.05, 4.69) is 5.32 Å². The van der Waals surface area contributed by atoms with Gasteiger partial charge in [0, 0.05) is 11.9 Å². The van der Waals surface area contributed by atoms with Crippen LogP contribution in [0.2, 0.25) is 0 Å². The smallest absolute Gasteiger partial charge is 0.262 e. The summed E-state index contributed by atoms with van der Waals surface area (Å²) in [5.74, 6) is 0.609. The Kier molecular flexibility index (Phi) is 5.65. The molecule has 4 rings (SSSR count). The number of amides is 1. The molecule has 152 valence electrons. The molecular formula is C21H23N3O3S2. The van der Waals surface area contributed by atoms with Gasteiger partial charge < -0.3 is 10.1 Å². The van der Waals surface area contributed by atoms with E-state index in [0.717, 1.165) is 35.0 Å². The first-order valence-electron chi connectivity index (χ1n) is 9.56. The number of nitrogens with zero attached hydrogens (tertiary/aromatic N) is 2. The summed E-state index contributed by atoms with van der Waals surface area (Å²) in [6, 6.07) is 5.63. The molecule has 3 aromatic rings. The largest absolute Gasteiger partial charge is 0.495 e. The number of fused-ring (bicyclic) bond motifs is 3. The van der Waals surface area contributed by atoms with E-state index in [1.54, 1.807) is 30.1 Å². The summed E-state index contributed by atoms with van der Waals surface area (Å²) in [6.07, 6.45) is 4.29. The van der Waals surface area contributed by atoms with Crippen molar-refractivity contribution in [2.24, 2.45) is 7.05 Å². The van der Waals surface area contributed by atoms with Crippen LogP contribution in [0.4, 0.5) is 5.69 Å². The van der Waals surface area contributed by atoms with Gasteiger partial charge in [0.2, 0.25) is 5.91 Å². The number of nitrogens with one attached hydrogen (secondary N) is 1. The molecular weight excluding hydrogens is 406 g/mol. The number of rotatable bonds is 5. The Morgan fingerprint density at radius 2 is 2.14 bits per heavy atom. The van der Waals surface area contributed by atoms with Gasteiger partial charge in [0.25, 0.3) is 5.56 Å². The van der Waals surface area contributed by atoms with E-state index < -0.39 is 0 Å². The molecule has 1 aliphatic carbocycles. The van der Waals surface area contributed by atoms with E-state index >= 15 is 0 Å². The molecule has 0 bridgehead atoms. The van der Waals surface area contributed by atoms with Crippen molar-refractivity contribution >= 4 is 44.9 Å². The first-order chi connectivity index (χ1) is 14.0. The van der Waals surface area contributed by atoms with Crippen molar-refractivity contribution in [2.45, 2.75) is 37.8 Å². The fraction of sp³-hybridized carbons (Fsp3) is 0.381. The zero-order valence-electron chi connectivity index (χ0n) is 16.7. The molecule has 0 saturated carbocycles. The molecule has 0 saturated heterocycles. The first kappa shape index (κ1) is 20.0. The Morgan fingerprint density at radius 3 is 2.93 bits per heavy atom. The van der Waals surface area contributed by atoms with Gasteiger partial charge in [-0.3, -0.25) is 14.2 Å². The molecule has 1 N–H and O–H groups in total. The second-order valence-electron chi connectivity index (χ2n) is 7.19. The third-order valence-electron chi connectivity index (χ3n) is 5.12. The van der Waals surface area contributed by atoms with E-state index in [1.807, 2.05) is 25.1 Å². The van der Waals surface area contributed by atoms with Gasteiger partial charge in [0.15, 0.2) is 5.16 Å². The molecule has 6 nitrogen and oxygen atoms in total. The molecule has 8 heteroatoms. The van der Waals surface area contributed by atoms with Gasteiger partial charge in [-0.15, -0.1) is 11.3 Å². The Morgan fingerprint density at radius 1 is 1.34 bits per heavy atom. The highest BCUT2D eigenvalue weighted by molar-refractivity contribution is 7.99. The average molecular weight is 430 g/mol. The summed E-state index contributed by atoms with van der Waals surface area (Å²) < 4.78 is 6.87. The van der Waals surface area contributed by atoms with Crippen LogP contribution in [0.5, 0.6) is 5.75 Å². The molecule has 0 radical (unpaired) electrons. The van der Waals surface area contributed by atoms with E-state index in [1.165, 1.54) is 28.6 Å². The minimum atomic E-state index is -0.168. The third-order valence-corrected chi connectivity index (χ3v) is 7.33. The van der Waals surface area contributed by atoms with Crippen molar-refractivity contribution in [3.8, 4) is 5.75 Å². The number of aryl methyl sites for hydroxylation is 3. The van der Waals surface area contributed by atoms with Crippen LogP contribution in [-0.4, -0.2) is 28.3 Å². The zero-order valence-corrected chi connectivity index (χ0v) is 18.3. The molecule has 0 atom stereocenters.